The second-order valence-corrected chi connectivity index (χ2v) is 4.65. The molecule has 1 rings (SSSR count). The van der Waals surface area contributed by atoms with Crippen LogP contribution in [0.15, 0.2) is 43.0 Å². The van der Waals surface area contributed by atoms with E-state index in [2.05, 4.69) is 56.9 Å². The van der Waals surface area contributed by atoms with Crippen molar-refractivity contribution in [3.05, 3.63) is 48.6 Å². The fraction of sp³-hybridized carbons (Fsp3) is 0.429. The van der Waals surface area contributed by atoms with Gasteiger partial charge in [0.05, 0.1) is 0 Å². The summed E-state index contributed by atoms with van der Waals surface area (Å²) in [7, 11) is 0. The zero-order valence-corrected chi connectivity index (χ0v) is 9.96. The lowest BCUT2D eigenvalue weighted by molar-refractivity contribution is 0.351. The summed E-state index contributed by atoms with van der Waals surface area (Å²) >= 11 is 0. The van der Waals surface area contributed by atoms with E-state index < -0.39 is 0 Å². The lowest BCUT2D eigenvalue weighted by atomic mass is 9.97. The van der Waals surface area contributed by atoms with Gasteiger partial charge >= 0.3 is 0 Å². The van der Waals surface area contributed by atoms with Gasteiger partial charge in [-0.05, 0) is 32.8 Å². The Bertz CT molecular complexity index is 300. The van der Waals surface area contributed by atoms with E-state index in [0.29, 0.717) is 6.04 Å². The summed E-state index contributed by atoms with van der Waals surface area (Å²) in [6.07, 6.45) is 2.94. The first kappa shape index (κ1) is 12.0. The SMILES string of the molecule is C=CCC(C)(C)NC(C)c1ccccc1. The largest absolute Gasteiger partial charge is 0.305 e. The van der Waals surface area contributed by atoms with Gasteiger partial charge in [0.25, 0.3) is 0 Å². The zero-order valence-electron chi connectivity index (χ0n) is 9.96. The van der Waals surface area contributed by atoms with Crippen LogP contribution in [0.3, 0.4) is 0 Å². The molecule has 15 heavy (non-hydrogen) atoms. The minimum absolute atomic E-state index is 0.108. The van der Waals surface area contributed by atoms with Gasteiger partial charge in [-0.15, -0.1) is 6.58 Å². The van der Waals surface area contributed by atoms with E-state index in [0.717, 1.165) is 6.42 Å². The smallest absolute Gasteiger partial charge is 0.0296 e. The highest BCUT2D eigenvalue weighted by Crippen LogP contribution is 2.18. The van der Waals surface area contributed by atoms with E-state index in [1.54, 1.807) is 0 Å². The molecule has 0 bridgehead atoms. The summed E-state index contributed by atoms with van der Waals surface area (Å²) in [6, 6.07) is 10.9. The highest BCUT2D eigenvalue weighted by Gasteiger charge is 2.18. The lowest BCUT2D eigenvalue weighted by Gasteiger charge is -2.29. The molecule has 0 aliphatic carbocycles. The van der Waals surface area contributed by atoms with Gasteiger partial charge in [0, 0.05) is 11.6 Å². The second-order valence-electron chi connectivity index (χ2n) is 4.65. The van der Waals surface area contributed by atoms with E-state index in [-0.39, 0.29) is 5.54 Å². The quantitative estimate of drug-likeness (QED) is 0.720. The third kappa shape index (κ3) is 3.88. The zero-order chi connectivity index (χ0) is 11.3. The number of benzene rings is 1. The van der Waals surface area contributed by atoms with Crippen LogP contribution in [0.4, 0.5) is 0 Å². The first-order chi connectivity index (χ1) is 7.05. The Morgan fingerprint density at radius 2 is 1.93 bits per heavy atom. The van der Waals surface area contributed by atoms with Crippen LogP contribution in [-0.2, 0) is 0 Å². The van der Waals surface area contributed by atoms with Crippen molar-refractivity contribution in [1.82, 2.24) is 5.32 Å². The molecule has 1 aromatic carbocycles. The van der Waals surface area contributed by atoms with Crippen LogP contribution < -0.4 is 5.32 Å². The summed E-state index contributed by atoms with van der Waals surface area (Å²) in [5.74, 6) is 0. The maximum atomic E-state index is 3.79. The van der Waals surface area contributed by atoms with Gasteiger partial charge in [0.1, 0.15) is 0 Å². The molecule has 0 heterocycles. The predicted octanol–water partition coefficient (Wildman–Crippen LogP) is 3.69. The van der Waals surface area contributed by atoms with E-state index in [1.807, 2.05) is 12.1 Å². The molecule has 1 N–H and O–H groups in total. The Morgan fingerprint density at radius 1 is 1.33 bits per heavy atom. The number of hydrogen-bond donors (Lipinski definition) is 1. The Labute approximate surface area is 93.2 Å². The molecule has 1 heteroatoms. The topological polar surface area (TPSA) is 12.0 Å². The molecular weight excluding hydrogens is 182 g/mol. The van der Waals surface area contributed by atoms with Crippen molar-refractivity contribution in [2.24, 2.45) is 0 Å². The van der Waals surface area contributed by atoms with Crippen molar-refractivity contribution < 1.29 is 0 Å². The van der Waals surface area contributed by atoms with Crippen LogP contribution in [0.1, 0.15) is 38.8 Å². The van der Waals surface area contributed by atoms with Gasteiger partial charge in [-0.2, -0.15) is 0 Å². The Hall–Kier alpha value is -1.08. The number of rotatable bonds is 5. The van der Waals surface area contributed by atoms with E-state index in [1.165, 1.54) is 5.56 Å². The highest BCUT2D eigenvalue weighted by molar-refractivity contribution is 5.18. The molecule has 0 saturated carbocycles. The van der Waals surface area contributed by atoms with Crippen molar-refractivity contribution in [1.29, 1.82) is 0 Å². The molecule has 0 aliphatic heterocycles. The first-order valence-electron chi connectivity index (χ1n) is 5.49. The summed E-state index contributed by atoms with van der Waals surface area (Å²) in [4.78, 5) is 0. The van der Waals surface area contributed by atoms with Crippen LogP contribution in [0.25, 0.3) is 0 Å². The van der Waals surface area contributed by atoms with Crippen LogP contribution in [0.2, 0.25) is 0 Å². The van der Waals surface area contributed by atoms with Crippen molar-refractivity contribution in [2.75, 3.05) is 0 Å². The second kappa shape index (κ2) is 5.13. The van der Waals surface area contributed by atoms with Gasteiger partial charge in [-0.25, -0.2) is 0 Å². The fourth-order valence-corrected chi connectivity index (χ4v) is 1.83. The molecule has 1 unspecified atom stereocenters. The summed E-state index contributed by atoms with van der Waals surface area (Å²) in [5.41, 5.74) is 1.44. The Balaban J connectivity index is 2.63. The lowest BCUT2D eigenvalue weighted by Crippen LogP contribution is -2.40. The number of nitrogens with one attached hydrogen (secondary N) is 1. The molecular formula is C14H21N. The molecule has 0 amide bonds. The van der Waals surface area contributed by atoms with E-state index in [9.17, 15) is 0 Å². The van der Waals surface area contributed by atoms with Crippen molar-refractivity contribution >= 4 is 0 Å². The average Bonchev–Trinajstić information content (AvgIpc) is 2.18. The van der Waals surface area contributed by atoms with Gasteiger partial charge in [0.2, 0.25) is 0 Å². The summed E-state index contributed by atoms with van der Waals surface area (Å²) in [5, 5.41) is 3.60. The fourth-order valence-electron chi connectivity index (χ4n) is 1.83. The summed E-state index contributed by atoms with van der Waals surface area (Å²) in [6.45, 7) is 10.4. The Kier molecular flexibility index (Phi) is 4.10. The van der Waals surface area contributed by atoms with Crippen molar-refractivity contribution in [3.63, 3.8) is 0 Å². The van der Waals surface area contributed by atoms with Crippen LogP contribution >= 0.6 is 0 Å². The maximum absolute atomic E-state index is 3.79. The van der Waals surface area contributed by atoms with Crippen LogP contribution in [-0.4, -0.2) is 5.54 Å². The minimum atomic E-state index is 0.108. The standard InChI is InChI=1S/C14H21N/c1-5-11-14(3,4)15-12(2)13-9-7-6-8-10-13/h5-10,12,15H,1,11H2,2-4H3. The predicted molar refractivity (Wildman–Crippen MR) is 66.9 cm³/mol. The molecule has 0 radical (unpaired) electrons. The van der Waals surface area contributed by atoms with Gasteiger partial charge < -0.3 is 5.32 Å². The normalized spacial score (nSPS) is 13.5. The third-order valence-corrected chi connectivity index (χ3v) is 2.56. The third-order valence-electron chi connectivity index (χ3n) is 2.56. The number of hydrogen-bond acceptors (Lipinski definition) is 1. The van der Waals surface area contributed by atoms with Crippen molar-refractivity contribution in [3.8, 4) is 0 Å². The molecule has 0 spiro atoms. The van der Waals surface area contributed by atoms with Crippen LogP contribution in [0.5, 0.6) is 0 Å². The van der Waals surface area contributed by atoms with Gasteiger partial charge in [0.15, 0.2) is 0 Å². The molecule has 1 nitrogen and oxygen atoms in total. The minimum Gasteiger partial charge on any atom is -0.305 e. The van der Waals surface area contributed by atoms with Gasteiger partial charge in [-0.1, -0.05) is 36.4 Å². The highest BCUT2D eigenvalue weighted by atomic mass is 15.0. The molecule has 1 aromatic rings. The molecule has 0 saturated heterocycles. The van der Waals surface area contributed by atoms with E-state index >= 15 is 0 Å². The average molecular weight is 203 g/mol. The van der Waals surface area contributed by atoms with Gasteiger partial charge in [-0.3, -0.25) is 0 Å². The maximum Gasteiger partial charge on any atom is 0.0296 e. The van der Waals surface area contributed by atoms with Crippen LogP contribution in [0, 0.1) is 0 Å². The van der Waals surface area contributed by atoms with Crippen molar-refractivity contribution in [2.45, 2.75) is 38.8 Å². The molecule has 82 valence electrons. The van der Waals surface area contributed by atoms with E-state index in [4.69, 9.17) is 0 Å². The molecule has 0 aromatic heterocycles. The summed E-state index contributed by atoms with van der Waals surface area (Å²) < 4.78 is 0. The monoisotopic (exact) mass is 203 g/mol. The first-order valence-corrected chi connectivity index (χ1v) is 5.49. The molecule has 0 aliphatic rings. The molecule has 0 fully saturated rings. The Morgan fingerprint density at radius 3 is 2.47 bits per heavy atom. The molecule has 1 atom stereocenters.